The van der Waals surface area contributed by atoms with Crippen LogP contribution in [0.25, 0.3) is 11.0 Å². The van der Waals surface area contributed by atoms with Gasteiger partial charge >= 0.3 is 0 Å². The lowest BCUT2D eigenvalue weighted by atomic mass is 10.0. The van der Waals surface area contributed by atoms with Crippen LogP contribution in [0.2, 0.25) is 0 Å². The van der Waals surface area contributed by atoms with E-state index >= 15 is 0 Å². The highest BCUT2D eigenvalue weighted by Crippen LogP contribution is 2.23. The van der Waals surface area contributed by atoms with Crippen molar-refractivity contribution in [2.75, 3.05) is 38.2 Å². The van der Waals surface area contributed by atoms with E-state index < -0.39 is 0 Å². The number of fused-ring (bicyclic) bond motifs is 1. The van der Waals surface area contributed by atoms with Crippen LogP contribution in [0.15, 0.2) is 41.3 Å². The number of aromatic nitrogens is 4. The fourth-order valence-corrected chi connectivity index (χ4v) is 3.71. The van der Waals surface area contributed by atoms with Gasteiger partial charge in [-0.3, -0.25) is 14.7 Å². The first-order valence-corrected chi connectivity index (χ1v) is 10.0. The minimum atomic E-state index is -0.264. The monoisotopic (exact) mass is 396 g/mol. The van der Waals surface area contributed by atoms with Gasteiger partial charge in [0.2, 0.25) is 5.95 Å². The predicted molar refractivity (Wildman–Crippen MR) is 113 cm³/mol. The summed E-state index contributed by atoms with van der Waals surface area (Å²) in [4.78, 5) is 22.5. The number of hydrogen-bond donors (Lipinski definition) is 2. The van der Waals surface area contributed by atoms with Crippen LogP contribution in [0.3, 0.4) is 0 Å². The second-order valence-electron chi connectivity index (χ2n) is 8.33. The maximum Gasteiger partial charge on any atom is 0.263 e. The van der Waals surface area contributed by atoms with Crippen LogP contribution in [0.5, 0.6) is 0 Å². The Kier molecular flexibility index (Phi) is 5.38. The van der Waals surface area contributed by atoms with Gasteiger partial charge in [-0.05, 0) is 26.3 Å². The number of rotatable bonds is 5. The molecule has 1 unspecified atom stereocenters. The molecule has 8 nitrogen and oxygen atoms in total. The highest BCUT2D eigenvalue weighted by atomic mass is 16.5. The zero-order valence-corrected chi connectivity index (χ0v) is 17.2. The van der Waals surface area contributed by atoms with E-state index in [1.54, 1.807) is 10.9 Å². The van der Waals surface area contributed by atoms with Crippen molar-refractivity contribution in [1.29, 1.82) is 0 Å². The van der Waals surface area contributed by atoms with Crippen LogP contribution in [-0.2, 0) is 10.3 Å². The first-order valence-electron chi connectivity index (χ1n) is 10.0. The maximum atomic E-state index is 12.5. The van der Waals surface area contributed by atoms with Crippen molar-refractivity contribution < 1.29 is 4.74 Å². The average molecular weight is 396 g/mol. The van der Waals surface area contributed by atoms with E-state index in [-0.39, 0.29) is 17.1 Å². The van der Waals surface area contributed by atoms with Crippen LogP contribution in [0.4, 0.5) is 5.95 Å². The lowest BCUT2D eigenvalue weighted by Crippen LogP contribution is -2.41. The predicted octanol–water partition coefficient (Wildman–Crippen LogP) is 2.36. The SMILES string of the molecule is CC(C)(C)n1ncc2c(=O)[nH]c(NCC(c3ccccc3)N3CCOCC3)nc21. The molecular weight excluding hydrogens is 368 g/mol. The van der Waals surface area contributed by atoms with Crippen LogP contribution >= 0.6 is 0 Å². The molecule has 0 aliphatic carbocycles. The van der Waals surface area contributed by atoms with Crippen molar-refractivity contribution in [2.45, 2.75) is 32.4 Å². The van der Waals surface area contributed by atoms with Gasteiger partial charge in [-0.2, -0.15) is 10.1 Å². The number of morpholine rings is 1. The Bertz CT molecular complexity index is 1020. The summed E-state index contributed by atoms with van der Waals surface area (Å²) in [7, 11) is 0. The zero-order chi connectivity index (χ0) is 20.4. The largest absolute Gasteiger partial charge is 0.379 e. The fraction of sp³-hybridized carbons (Fsp3) is 0.476. The average Bonchev–Trinajstić information content (AvgIpc) is 3.15. The van der Waals surface area contributed by atoms with Crippen LogP contribution in [0.1, 0.15) is 32.4 Å². The lowest BCUT2D eigenvalue weighted by molar-refractivity contribution is 0.0187. The highest BCUT2D eigenvalue weighted by molar-refractivity contribution is 5.74. The molecule has 1 aliphatic heterocycles. The summed E-state index contributed by atoms with van der Waals surface area (Å²) >= 11 is 0. The molecule has 1 aliphatic rings. The van der Waals surface area contributed by atoms with E-state index in [1.807, 2.05) is 26.8 Å². The summed E-state index contributed by atoms with van der Waals surface area (Å²) in [5.74, 6) is 0.461. The summed E-state index contributed by atoms with van der Waals surface area (Å²) in [6.07, 6.45) is 1.58. The Morgan fingerprint density at radius 2 is 1.93 bits per heavy atom. The number of nitrogens with one attached hydrogen (secondary N) is 2. The second kappa shape index (κ2) is 7.96. The van der Waals surface area contributed by atoms with Gasteiger partial charge in [0.1, 0.15) is 5.39 Å². The van der Waals surface area contributed by atoms with Gasteiger partial charge in [0.15, 0.2) is 5.65 Å². The topological polar surface area (TPSA) is 88.1 Å². The molecule has 1 fully saturated rings. The van der Waals surface area contributed by atoms with Crippen molar-refractivity contribution >= 4 is 17.0 Å². The summed E-state index contributed by atoms with van der Waals surface area (Å²) in [6.45, 7) is 9.96. The minimum absolute atomic E-state index is 0.161. The van der Waals surface area contributed by atoms with Crippen LogP contribution in [-0.4, -0.2) is 57.5 Å². The van der Waals surface area contributed by atoms with Gasteiger partial charge in [0, 0.05) is 19.6 Å². The van der Waals surface area contributed by atoms with Gasteiger partial charge < -0.3 is 10.1 Å². The first-order chi connectivity index (χ1) is 13.9. The fourth-order valence-electron chi connectivity index (χ4n) is 3.71. The van der Waals surface area contributed by atoms with Crippen molar-refractivity contribution in [1.82, 2.24) is 24.6 Å². The summed E-state index contributed by atoms with van der Waals surface area (Å²) < 4.78 is 7.31. The van der Waals surface area contributed by atoms with Crippen molar-refractivity contribution in [3.05, 3.63) is 52.4 Å². The Hall–Kier alpha value is -2.71. The zero-order valence-electron chi connectivity index (χ0n) is 17.2. The molecule has 0 radical (unpaired) electrons. The minimum Gasteiger partial charge on any atom is -0.379 e. The molecule has 0 spiro atoms. The van der Waals surface area contributed by atoms with E-state index in [9.17, 15) is 4.79 Å². The molecule has 3 heterocycles. The Balaban J connectivity index is 1.61. The molecule has 29 heavy (non-hydrogen) atoms. The number of nitrogens with zero attached hydrogens (tertiary/aromatic N) is 4. The van der Waals surface area contributed by atoms with Gasteiger partial charge in [0.25, 0.3) is 5.56 Å². The van der Waals surface area contributed by atoms with Crippen molar-refractivity contribution in [3.8, 4) is 0 Å². The highest BCUT2D eigenvalue weighted by Gasteiger charge is 2.23. The van der Waals surface area contributed by atoms with Gasteiger partial charge in [-0.25, -0.2) is 4.68 Å². The number of anilines is 1. The van der Waals surface area contributed by atoms with E-state index in [1.165, 1.54) is 5.56 Å². The molecule has 0 saturated carbocycles. The van der Waals surface area contributed by atoms with Crippen molar-refractivity contribution in [3.63, 3.8) is 0 Å². The van der Waals surface area contributed by atoms with Gasteiger partial charge in [-0.15, -0.1) is 0 Å². The molecule has 154 valence electrons. The molecule has 4 rings (SSSR count). The molecule has 8 heteroatoms. The third-order valence-corrected chi connectivity index (χ3v) is 5.21. The Labute approximate surface area is 169 Å². The lowest BCUT2D eigenvalue weighted by Gasteiger charge is -2.35. The van der Waals surface area contributed by atoms with Gasteiger partial charge in [0.05, 0.1) is 31.0 Å². The van der Waals surface area contributed by atoms with Crippen LogP contribution in [0, 0.1) is 0 Å². The normalized spacial score (nSPS) is 16.8. The number of ether oxygens (including phenoxy) is 1. The maximum absolute atomic E-state index is 12.5. The third-order valence-electron chi connectivity index (χ3n) is 5.21. The van der Waals surface area contributed by atoms with Gasteiger partial charge in [-0.1, -0.05) is 30.3 Å². The third kappa shape index (κ3) is 4.18. The first kappa shape index (κ1) is 19.6. The summed E-state index contributed by atoms with van der Waals surface area (Å²) in [5.41, 5.74) is 1.37. The molecule has 3 aromatic rings. The molecule has 2 aromatic heterocycles. The number of H-pyrrole nitrogens is 1. The number of aromatic amines is 1. The molecular formula is C21H28N6O2. The van der Waals surface area contributed by atoms with E-state index in [2.05, 4.69) is 49.5 Å². The van der Waals surface area contributed by atoms with E-state index in [0.717, 1.165) is 26.3 Å². The Morgan fingerprint density at radius 1 is 1.21 bits per heavy atom. The molecule has 0 amide bonds. The summed E-state index contributed by atoms with van der Waals surface area (Å²) in [5, 5.41) is 8.22. The smallest absolute Gasteiger partial charge is 0.263 e. The molecule has 0 bridgehead atoms. The van der Waals surface area contributed by atoms with Crippen molar-refractivity contribution in [2.24, 2.45) is 0 Å². The quantitative estimate of drug-likeness (QED) is 0.688. The molecule has 1 saturated heterocycles. The van der Waals surface area contributed by atoms with E-state index in [4.69, 9.17) is 4.74 Å². The standard InChI is InChI=1S/C21H28N6O2/c1-21(2,3)27-18-16(13-23-27)19(28)25-20(24-18)22-14-17(15-7-5-4-6-8-15)26-9-11-29-12-10-26/h4-8,13,17H,9-12,14H2,1-3H3,(H2,22,24,25,28). The summed E-state index contributed by atoms with van der Waals surface area (Å²) in [6, 6.07) is 10.6. The van der Waals surface area contributed by atoms with E-state index in [0.29, 0.717) is 23.5 Å². The molecule has 2 N–H and O–H groups in total. The molecule has 1 aromatic carbocycles. The molecule has 1 atom stereocenters. The second-order valence-corrected chi connectivity index (χ2v) is 8.33. The Morgan fingerprint density at radius 3 is 2.62 bits per heavy atom. The van der Waals surface area contributed by atoms with Crippen LogP contribution < -0.4 is 10.9 Å². The number of benzene rings is 1. The number of hydrogen-bond acceptors (Lipinski definition) is 6.